The quantitative estimate of drug-likeness (QED) is 0.379. The number of rotatable bonds is 2. The molecule has 0 radical (unpaired) electrons. The van der Waals surface area contributed by atoms with Crippen molar-refractivity contribution in [2.24, 2.45) is 0 Å². The number of thiophene rings is 1. The predicted octanol–water partition coefficient (Wildman–Crippen LogP) is 6.30. The van der Waals surface area contributed by atoms with Gasteiger partial charge in [0.25, 0.3) is 0 Å². The SMILES string of the molecule is Cc1ccc2c(c1)c1c(n2-c2cscc2-c2ccc(F)cc2)CN(C)N2CCCC12. The largest absolute Gasteiger partial charge is 0.310 e. The maximum Gasteiger partial charge on any atom is 0.123 e. The van der Waals surface area contributed by atoms with Crippen LogP contribution in [0.2, 0.25) is 0 Å². The van der Waals surface area contributed by atoms with Crippen LogP contribution in [0.5, 0.6) is 0 Å². The van der Waals surface area contributed by atoms with Crippen molar-refractivity contribution < 1.29 is 4.39 Å². The molecule has 2 aliphatic heterocycles. The molecule has 2 aromatic heterocycles. The third kappa shape index (κ3) is 2.62. The van der Waals surface area contributed by atoms with Crippen LogP contribution in [0.15, 0.2) is 53.2 Å². The molecule has 5 heteroatoms. The highest BCUT2D eigenvalue weighted by molar-refractivity contribution is 7.08. The first-order chi connectivity index (χ1) is 14.6. The van der Waals surface area contributed by atoms with Crippen molar-refractivity contribution in [1.82, 2.24) is 14.6 Å². The molecule has 2 aromatic carbocycles. The predicted molar refractivity (Wildman–Crippen MR) is 121 cm³/mol. The van der Waals surface area contributed by atoms with Crippen LogP contribution in [-0.2, 0) is 6.54 Å². The van der Waals surface area contributed by atoms with Crippen molar-refractivity contribution in [1.29, 1.82) is 0 Å². The van der Waals surface area contributed by atoms with E-state index in [1.807, 2.05) is 12.1 Å². The Morgan fingerprint density at radius 1 is 1.07 bits per heavy atom. The van der Waals surface area contributed by atoms with E-state index in [0.717, 1.165) is 24.2 Å². The van der Waals surface area contributed by atoms with Gasteiger partial charge >= 0.3 is 0 Å². The third-order valence-corrected chi connectivity index (χ3v) is 7.41. The van der Waals surface area contributed by atoms with Crippen molar-refractivity contribution in [3.63, 3.8) is 0 Å². The molecular formula is C25H24FN3S. The van der Waals surface area contributed by atoms with E-state index in [1.54, 1.807) is 23.5 Å². The Kier molecular flexibility index (Phi) is 4.13. The first kappa shape index (κ1) is 18.3. The summed E-state index contributed by atoms with van der Waals surface area (Å²) in [6, 6.07) is 14.2. The summed E-state index contributed by atoms with van der Waals surface area (Å²) < 4.78 is 16.0. The minimum Gasteiger partial charge on any atom is -0.310 e. The molecule has 6 rings (SSSR count). The van der Waals surface area contributed by atoms with E-state index in [0.29, 0.717) is 6.04 Å². The topological polar surface area (TPSA) is 11.4 Å². The van der Waals surface area contributed by atoms with Crippen LogP contribution in [0.4, 0.5) is 4.39 Å². The van der Waals surface area contributed by atoms with E-state index in [-0.39, 0.29) is 5.82 Å². The fourth-order valence-electron chi connectivity index (χ4n) is 5.35. The van der Waals surface area contributed by atoms with E-state index in [9.17, 15) is 4.39 Å². The molecule has 152 valence electrons. The molecule has 1 fully saturated rings. The summed E-state index contributed by atoms with van der Waals surface area (Å²) in [5, 5.41) is 10.7. The molecule has 0 aliphatic carbocycles. The van der Waals surface area contributed by atoms with E-state index in [1.165, 1.54) is 46.3 Å². The highest BCUT2D eigenvalue weighted by atomic mass is 32.1. The molecular weight excluding hydrogens is 393 g/mol. The van der Waals surface area contributed by atoms with Gasteiger partial charge in [0.1, 0.15) is 5.82 Å². The van der Waals surface area contributed by atoms with Gasteiger partial charge in [0.2, 0.25) is 0 Å². The molecule has 0 amide bonds. The number of fused-ring (bicyclic) bond motifs is 5. The summed E-state index contributed by atoms with van der Waals surface area (Å²) in [6.45, 7) is 4.22. The van der Waals surface area contributed by atoms with Gasteiger partial charge in [-0.15, -0.1) is 11.3 Å². The highest BCUT2D eigenvalue weighted by Crippen LogP contribution is 2.46. The summed E-state index contributed by atoms with van der Waals surface area (Å²) in [6.07, 6.45) is 2.45. The Morgan fingerprint density at radius 2 is 1.90 bits per heavy atom. The monoisotopic (exact) mass is 417 g/mol. The summed E-state index contributed by atoms with van der Waals surface area (Å²) in [4.78, 5) is 0. The lowest BCUT2D eigenvalue weighted by molar-refractivity contribution is -0.0352. The van der Waals surface area contributed by atoms with Gasteiger partial charge in [0.05, 0.1) is 23.8 Å². The van der Waals surface area contributed by atoms with Gasteiger partial charge in [-0.05, 0) is 49.6 Å². The van der Waals surface area contributed by atoms with Crippen LogP contribution in [-0.4, -0.2) is 28.2 Å². The number of hydrogen-bond acceptors (Lipinski definition) is 3. The maximum atomic E-state index is 13.5. The van der Waals surface area contributed by atoms with Crippen LogP contribution in [0.1, 0.15) is 35.7 Å². The van der Waals surface area contributed by atoms with Crippen molar-refractivity contribution >= 4 is 22.2 Å². The summed E-state index contributed by atoms with van der Waals surface area (Å²) >= 11 is 1.71. The Bertz CT molecular complexity index is 1250. The van der Waals surface area contributed by atoms with Crippen molar-refractivity contribution in [2.45, 2.75) is 32.4 Å². The Hall–Kier alpha value is -2.47. The van der Waals surface area contributed by atoms with E-state index in [4.69, 9.17) is 0 Å². The van der Waals surface area contributed by atoms with Crippen LogP contribution < -0.4 is 0 Å². The first-order valence-electron chi connectivity index (χ1n) is 10.6. The molecule has 4 heterocycles. The standard InChI is InChI=1S/C25H24FN3S/c1-16-5-10-21-19(12-16)25-22-4-3-11-28(22)27(2)13-23(25)29(21)24-15-30-14-20(24)17-6-8-18(26)9-7-17/h5-10,12,14-15,22H,3-4,11,13H2,1-2H3. The molecule has 3 nitrogen and oxygen atoms in total. The van der Waals surface area contributed by atoms with Gasteiger partial charge in [-0.1, -0.05) is 23.8 Å². The van der Waals surface area contributed by atoms with E-state index in [2.05, 4.69) is 57.5 Å². The fourth-order valence-corrected chi connectivity index (χ4v) is 6.18. The van der Waals surface area contributed by atoms with Crippen LogP contribution >= 0.6 is 11.3 Å². The number of aromatic nitrogens is 1. The Labute approximate surface area is 179 Å². The van der Waals surface area contributed by atoms with Gasteiger partial charge in [0, 0.05) is 46.6 Å². The average molecular weight is 418 g/mol. The zero-order valence-corrected chi connectivity index (χ0v) is 18.0. The fraction of sp³-hybridized carbons (Fsp3) is 0.280. The minimum absolute atomic E-state index is 0.197. The van der Waals surface area contributed by atoms with E-state index >= 15 is 0 Å². The number of nitrogens with zero attached hydrogens (tertiary/aromatic N) is 3. The molecule has 0 saturated carbocycles. The lowest BCUT2D eigenvalue weighted by Gasteiger charge is -2.38. The number of aryl methyl sites for hydroxylation is 1. The number of hydrogen-bond donors (Lipinski definition) is 0. The number of hydrazine groups is 1. The van der Waals surface area contributed by atoms with Crippen LogP contribution in [0.25, 0.3) is 27.7 Å². The van der Waals surface area contributed by atoms with Gasteiger partial charge in [-0.3, -0.25) is 0 Å². The van der Waals surface area contributed by atoms with Gasteiger partial charge in [-0.2, -0.15) is 0 Å². The average Bonchev–Trinajstić information content (AvgIpc) is 3.45. The molecule has 0 spiro atoms. The second-order valence-electron chi connectivity index (χ2n) is 8.53. The molecule has 2 aliphatic rings. The Morgan fingerprint density at radius 3 is 2.73 bits per heavy atom. The molecule has 0 N–H and O–H groups in total. The molecule has 0 bridgehead atoms. The lowest BCUT2D eigenvalue weighted by Crippen LogP contribution is -2.43. The second-order valence-corrected chi connectivity index (χ2v) is 9.27. The van der Waals surface area contributed by atoms with Gasteiger partial charge < -0.3 is 4.57 Å². The lowest BCUT2D eigenvalue weighted by atomic mass is 9.98. The van der Waals surface area contributed by atoms with Crippen LogP contribution in [0, 0.1) is 12.7 Å². The molecule has 1 atom stereocenters. The van der Waals surface area contributed by atoms with Gasteiger partial charge in [0.15, 0.2) is 0 Å². The summed E-state index contributed by atoms with van der Waals surface area (Å²) in [5.74, 6) is -0.197. The molecule has 30 heavy (non-hydrogen) atoms. The first-order valence-corrected chi connectivity index (χ1v) is 11.5. The van der Waals surface area contributed by atoms with Crippen molar-refractivity contribution in [2.75, 3.05) is 13.6 Å². The van der Waals surface area contributed by atoms with Crippen LogP contribution in [0.3, 0.4) is 0 Å². The van der Waals surface area contributed by atoms with Gasteiger partial charge in [-0.25, -0.2) is 14.4 Å². The number of benzene rings is 2. The molecule has 1 unspecified atom stereocenters. The Balaban J connectivity index is 1.64. The normalized spacial score (nSPS) is 19.4. The number of halogens is 1. The van der Waals surface area contributed by atoms with E-state index < -0.39 is 0 Å². The summed E-state index contributed by atoms with van der Waals surface area (Å²) in [7, 11) is 2.21. The maximum absolute atomic E-state index is 13.5. The third-order valence-electron chi connectivity index (χ3n) is 6.68. The second kappa shape index (κ2) is 6.77. The molecule has 4 aromatic rings. The minimum atomic E-state index is -0.197. The van der Waals surface area contributed by atoms with Crippen molar-refractivity contribution in [3.05, 3.63) is 75.9 Å². The zero-order chi connectivity index (χ0) is 20.4. The van der Waals surface area contributed by atoms with Crippen molar-refractivity contribution in [3.8, 4) is 16.8 Å². The highest BCUT2D eigenvalue weighted by Gasteiger charge is 2.38. The summed E-state index contributed by atoms with van der Waals surface area (Å²) in [5.41, 5.74) is 8.88. The zero-order valence-electron chi connectivity index (χ0n) is 17.2. The smallest absolute Gasteiger partial charge is 0.123 e. The molecule has 1 saturated heterocycles.